The number of fused-ring (bicyclic) bond motifs is 1. The Hall–Kier alpha value is -2.22. The maximum Gasteiger partial charge on any atom is 0.161 e. The molecule has 1 aromatic heterocycles. The van der Waals surface area contributed by atoms with Crippen molar-refractivity contribution in [1.29, 1.82) is 0 Å². The number of aromatic nitrogens is 2. The van der Waals surface area contributed by atoms with E-state index in [9.17, 15) is 0 Å². The number of anilines is 2. The molecule has 1 aromatic carbocycles. The smallest absolute Gasteiger partial charge is 0.161 e. The molecule has 0 radical (unpaired) electrons. The first-order chi connectivity index (χ1) is 15.3. The summed E-state index contributed by atoms with van der Waals surface area (Å²) in [6.45, 7) is 14.8. The van der Waals surface area contributed by atoms with E-state index in [4.69, 9.17) is 9.72 Å². The van der Waals surface area contributed by atoms with Gasteiger partial charge in [-0.2, -0.15) is 0 Å². The van der Waals surface area contributed by atoms with E-state index in [-0.39, 0.29) is 0 Å². The number of rotatable bonds is 6. The van der Waals surface area contributed by atoms with Crippen molar-refractivity contribution in [3.05, 3.63) is 36.0 Å². The zero-order valence-corrected chi connectivity index (χ0v) is 18.7. The molecule has 2 saturated heterocycles. The van der Waals surface area contributed by atoms with E-state index in [2.05, 4.69) is 55.8 Å². The SMILES string of the molecule is CCN1CCN(c2ccc(-c3ncc4c(n3)N(CCN3CCOCC3)CC4)cc2)CC1. The Morgan fingerprint density at radius 2 is 1.65 bits per heavy atom. The molecule has 31 heavy (non-hydrogen) atoms. The molecular weight excluding hydrogens is 388 g/mol. The van der Waals surface area contributed by atoms with Crippen molar-refractivity contribution in [2.45, 2.75) is 13.3 Å². The normalized spacial score (nSPS) is 20.3. The van der Waals surface area contributed by atoms with E-state index >= 15 is 0 Å². The fourth-order valence-corrected chi connectivity index (χ4v) is 4.80. The average molecular weight is 423 g/mol. The molecular formula is C24H34N6O. The van der Waals surface area contributed by atoms with E-state index in [1.54, 1.807) is 0 Å². The average Bonchev–Trinajstić information content (AvgIpc) is 3.26. The lowest BCUT2D eigenvalue weighted by atomic mass is 10.1. The Kier molecular flexibility index (Phi) is 6.34. The second-order valence-corrected chi connectivity index (χ2v) is 8.70. The van der Waals surface area contributed by atoms with Gasteiger partial charge >= 0.3 is 0 Å². The summed E-state index contributed by atoms with van der Waals surface area (Å²) in [5, 5.41) is 0. The largest absolute Gasteiger partial charge is 0.379 e. The first-order valence-corrected chi connectivity index (χ1v) is 11.8. The van der Waals surface area contributed by atoms with Gasteiger partial charge in [-0.05, 0) is 37.2 Å². The molecule has 0 saturated carbocycles. The maximum atomic E-state index is 5.47. The number of nitrogens with zero attached hydrogens (tertiary/aromatic N) is 6. The Morgan fingerprint density at radius 1 is 0.871 bits per heavy atom. The lowest BCUT2D eigenvalue weighted by Crippen LogP contribution is -2.46. The first kappa shape index (κ1) is 20.7. The fourth-order valence-electron chi connectivity index (χ4n) is 4.80. The van der Waals surface area contributed by atoms with Crippen LogP contribution < -0.4 is 9.80 Å². The van der Waals surface area contributed by atoms with Crippen molar-refractivity contribution in [3.63, 3.8) is 0 Å². The molecule has 0 unspecified atom stereocenters. The van der Waals surface area contributed by atoms with Crippen LogP contribution in [0.15, 0.2) is 30.5 Å². The zero-order valence-electron chi connectivity index (χ0n) is 18.7. The fraction of sp³-hybridized carbons (Fsp3) is 0.583. The van der Waals surface area contributed by atoms with Gasteiger partial charge in [-0.1, -0.05) is 6.92 Å². The zero-order chi connectivity index (χ0) is 21.0. The van der Waals surface area contributed by atoms with Gasteiger partial charge in [0.25, 0.3) is 0 Å². The van der Waals surface area contributed by atoms with Crippen molar-refractivity contribution in [1.82, 2.24) is 19.8 Å². The Labute approximate surface area is 185 Å². The van der Waals surface area contributed by atoms with Crippen LogP contribution >= 0.6 is 0 Å². The minimum atomic E-state index is 0.833. The molecule has 0 atom stereocenters. The summed E-state index contributed by atoms with van der Waals surface area (Å²) >= 11 is 0. The summed E-state index contributed by atoms with van der Waals surface area (Å²) in [4.78, 5) is 19.6. The van der Waals surface area contributed by atoms with E-state index < -0.39 is 0 Å². The molecule has 5 rings (SSSR count). The number of ether oxygens (including phenoxy) is 1. The van der Waals surface area contributed by atoms with Crippen LogP contribution in [0.4, 0.5) is 11.5 Å². The number of hydrogen-bond acceptors (Lipinski definition) is 7. The lowest BCUT2D eigenvalue weighted by molar-refractivity contribution is 0.0392. The summed E-state index contributed by atoms with van der Waals surface area (Å²) in [7, 11) is 0. The molecule has 4 heterocycles. The quantitative estimate of drug-likeness (QED) is 0.705. The summed E-state index contributed by atoms with van der Waals surface area (Å²) in [6, 6.07) is 8.81. The highest BCUT2D eigenvalue weighted by molar-refractivity contribution is 5.63. The summed E-state index contributed by atoms with van der Waals surface area (Å²) in [6.07, 6.45) is 3.08. The minimum absolute atomic E-state index is 0.833. The van der Waals surface area contributed by atoms with Gasteiger partial charge in [-0.3, -0.25) is 4.90 Å². The van der Waals surface area contributed by atoms with Crippen molar-refractivity contribution in [2.75, 3.05) is 88.5 Å². The van der Waals surface area contributed by atoms with Gasteiger partial charge in [-0.15, -0.1) is 0 Å². The van der Waals surface area contributed by atoms with Crippen LogP contribution in [0.25, 0.3) is 11.4 Å². The van der Waals surface area contributed by atoms with Crippen LogP contribution in [0.5, 0.6) is 0 Å². The van der Waals surface area contributed by atoms with E-state index in [1.807, 2.05) is 6.20 Å². The highest BCUT2D eigenvalue weighted by Gasteiger charge is 2.23. The van der Waals surface area contributed by atoms with Gasteiger partial charge in [0.15, 0.2) is 5.82 Å². The molecule has 2 aromatic rings. The van der Waals surface area contributed by atoms with Crippen LogP contribution in [0.1, 0.15) is 12.5 Å². The number of benzene rings is 1. The molecule has 3 aliphatic heterocycles. The Bertz CT molecular complexity index is 859. The summed E-state index contributed by atoms with van der Waals surface area (Å²) < 4.78 is 5.47. The third-order valence-corrected chi connectivity index (χ3v) is 6.89. The van der Waals surface area contributed by atoms with Crippen molar-refractivity contribution in [2.24, 2.45) is 0 Å². The van der Waals surface area contributed by atoms with Gasteiger partial charge in [-0.25, -0.2) is 9.97 Å². The minimum Gasteiger partial charge on any atom is -0.379 e. The van der Waals surface area contributed by atoms with Gasteiger partial charge < -0.3 is 19.4 Å². The van der Waals surface area contributed by atoms with Gasteiger partial charge in [0.1, 0.15) is 5.82 Å². The van der Waals surface area contributed by atoms with Gasteiger partial charge in [0.2, 0.25) is 0 Å². The van der Waals surface area contributed by atoms with Crippen molar-refractivity contribution < 1.29 is 4.74 Å². The molecule has 0 amide bonds. The van der Waals surface area contributed by atoms with Gasteiger partial charge in [0, 0.05) is 81.9 Å². The molecule has 2 fully saturated rings. The van der Waals surface area contributed by atoms with Crippen LogP contribution in [0.2, 0.25) is 0 Å². The lowest BCUT2D eigenvalue weighted by Gasteiger charge is -2.35. The van der Waals surface area contributed by atoms with Crippen molar-refractivity contribution >= 4 is 11.5 Å². The molecule has 166 valence electrons. The second-order valence-electron chi connectivity index (χ2n) is 8.70. The van der Waals surface area contributed by atoms with Crippen LogP contribution in [-0.4, -0.2) is 98.4 Å². The van der Waals surface area contributed by atoms with Crippen LogP contribution in [0, 0.1) is 0 Å². The van der Waals surface area contributed by atoms with Crippen molar-refractivity contribution in [3.8, 4) is 11.4 Å². The number of morpholine rings is 1. The third-order valence-electron chi connectivity index (χ3n) is 6.89. The highest BCUT2D eigenvalue weighted by Crippen LogP contribution is 2.28. The maximum absolute atomic E-state index is 5.47. The molecule has 7 heteroatoms. The standard InChI is InChI=1S/C24H34N6O/c1-2-27-9-12-29(13-10-27)22-5-3-20(4-6-22)23-25-19-21-7-8-30(24(21)26-23)14-11-28-15-17-31-18-16-28/h3-6,19H,2,7-18H2,1H3. The number of likely N-dealkylation sites (N-methyl/N-ethyl adjacent to an activating group) is 1. The second kappa shape index (κ2) is 9.51. The number of piperazine rings is 1. The monoisotopic (exact) mass is 422 g/mol. The summed E-state index contributed by atoms with van der Waals surface area (Å²) in [5.74, 6) is 1.96. The van der Waals surface area contributed by atoms with Gasteiger partial charge in [0.05, 0.1) is 13.2 Å². The Balaban J connectivity index is 1.25. The molecule has 0 spiro atoms. The molecule has 3 aliphatic rings. The summed E-state index contributed by atoms with van der Waals surface area (Å²) in [5.41, 5.74) is 3.67. The third kappa shape index (κ3) is 4.68. The van der Waals surface area contributed by atoms with E-state index in [1.165, 1.54) is 11.3 Å². The Morgan fingerprint density at radius 3 is 2.39 bits per heavy atom. The molecule has 0 N–H and O–H groups in total. The first-order valence-electron chi connectivity index (χ1n) is 11.8. The highest BCUT2D eigenvalue weighted by atomic mass is 16.5. The van der Waals surface area contributed by atoms with Crippen LogP contribution in [0.3, 0.4) is 0 Å². The van der Waals surface area contributed by atoms with Crippen LogP contribution in [-0.2, 0) is 11.2 Å². The topological polar surface area (TPSA) is 48.0 Å². The predicted octanol–water partition coefficient (Wildman–Crippen LogP) is 1.98. The molecule has 0 bridgehead atoms. The van der Waals surface area contributed by atoms with E-state index in [0.717, 1.165) is 102 Å². The molecule has 0 aliphatic carbocycles. The predicted molar refractivity (Wildman–Crippen MR) is 125 cm³/mol. The molecule has 7 nitrogen and oxygen atoms in total. The number of hydrogen-bond donors (Lipinski definition) is 0. The van der Waals surface area contributed by atoms with E-state index in [0.29, 0.717) is 0 Å².